The largest absolute Gasteiger partial charge is 0.384 e. The van der Waals surface area contributed by atoms with Gasteiger partial charge in [0.1, 0.15) is 0 Å². The molecule has 5 nitrogen and oxygen atoms in total. The summed E-state index contributed by atoms with van der Waals surface area (Å²) in [6.45, 7) is 5.29. The molecule has 5 heteroatoms. The van der Waals surface area contributed by atoms with Crippen molar-refractivity contribution in [1.82, 2.24) is 9.78 Å². The average Bonchev–Trinajstić information content (AvgIpc) is 2.29. The van der Waals surface area contributed by atoms with Gasteiger partial charge in [0, 0.05) is 19.7 Å². The molecule has 0 aliphatic rings. The summed E-state index contributed by atoms with van der Waals surface area (Å²) in [6.07, 6.45) is 2.67. The molecule has 0 aromatic carbocycles. The highest BCUT2D eigenvalue weighted by molar-refractivity contribution is 5.38. The summed E-state index contributed by atoms with van der Waals surface area (Å²) in [6, 6.07) is 1.56. The fourth-order valence-electron chi connectivity index (χ4n) is 1.25. The molecule has 0 saturated carbocycles. The maximum atomic E-state index is 11.7. The number of nitrogens with zero attached hydrogens (tertiary/aromatic N) is 2. The van der Waals surface area contributed by atoms with Gasteiger partial charge in [0.2, 0.25) is 0 Å². The lowest BCUT2D eigenvalue weighted by Crippen LogP contribution is -2.28. The zero-order valence-corrected chi connectivity index (χ0v) is 10.1. The van der Waals surface area contributed by atoms with Crippen molar-refractivity contribution in [1.29, 1.82) is 0 Å². The Morgan fingerprint density at radius 3 is 2.94 bits per heavy atom. The number of ether oxygens (including phenoxy) is 1. The molecule has 0 aliphatic carbocycles. The number of aromatic nitrogens is 2. The summed E-state index contributed by atoms with van der Waals surface area (Å²) in [5, 5.41) is 7.20. The Labute approximate surface area is 95.4 Å². The van der Waals surface area contributed by atoms with E-state index in [2.05, 4.69) is 17.3 Å². The van der Waals surface area contributed by atoms with Crippen LogP contribution in [0.5, 0.6) is 0 Å². The minimum absolute atomic E-state index is 0.0142. The molecule has 0 fully saturated rings. The first-order chi connectivity index (χ1) is 7.67. The standard InChI is InChI=1S/C11H19N3O2/c1-4-5-12-10-6-11(15)14(13-7-10)8-9(2)16-3/h6-7,9,12H,4-5,8H2,1-3H3. The lowest BCUT2D eigenvalue weighted by molar-refractivity contribution is 0.0984. The van der Waals surface area contributed by atoms with Gasteiger partial charge in [0.25, 0.3) is 5.56 Å². The summed E-state index contributed by atoms with van der Waals surface area (Å²) in [5.41, 5.74) is 0.665. The van der Waals surface area contributed by atoms with Gasteiger partial charge in [0.05, 0.1) is 24.5 Å². The summed E-state index contributed by atoms with van der Waals surface area (Å²) >= 11 is 0. The third-order valence-electron chi connectivity index (χ3n) is 2.28. The van der Waals surface area contributed by atoms with Crippen molar-refractivity contribution in [2.45, 2.75) is 32.9 Å². The smallest absolute Gasteiger partial charge is 0.268 e. The van der Waals surface area contributed by atoms with Crippen molar-refractivity contribution in [3.8, 4) is 0 Å². The molecule has 0 spiro atoms. The van der Waals surface area contributed by atoms with E-state index in [0.29, 0.717) is 6.54 Å². The summed E-state index contributed by atoms with van der Waals surface area (Å²) in [4.78, 5) is 11.7. The van der Waals surface area contributed by atoms with Crippen LogP contribution in [-0.4, -0.2) is 29.5 Å². The molecule has 16 heavy (non-hydrogen) atoms. The Morgan fingerprint density at radius 1 is 1.62 bits per heavy atom. The fourth-order valence-corrected chi connectivity index (χ4v) is 1.25. The predicted molar refractivity (Wildman–Crippen MR) is 63.7 cm³/mol. The molecule has 1 unspecified atom stereocenters. The van der Waals surface area contributed by atoms with Crippen molar-refractivity contribution in [2.24, 2.45) is 0 Å². The second-order valence-corrected chi connectivity index (χ2v) is 3.74. The van der Waals surface area contributed by atoms with Crippen molar-refractivity contribution in [2.75, 3.05) is 19.0 Å². The summed E-state index contributed by atoms with van der Waals surface area (Å²) < 4.78 is 6.50. The molecule has 1 rings (SSSR count). The number of methoxy groups -OCH3 is 1. The minimum atomic E-state index is -0.106. The lowest BCUT2D eigenvalue weighted by atomic mass is 10.4. The molecule has 90 valence electrons. The molecule has 1 N–H and O–H groups in total. The van der Waals surface area contributed by atoms with Gasteiger partial charge in [-0.15, -0.1) is 0 Å². The van der Waals surface area contributed by atoms with Crippen LogP contribution in [0.3, 0.4) is 0 Å². The average molecular weight is 225 g/mol. The van der Waals surface area contributed by atoms with Crippen LogP contribution < -0.4 is 10.9 Å². The molecule has 1 atom stereocenters. The van der Waals surface area contributed by atoms with E-state index < -0.39 is 0 Å². The fraction of sp³-hybridized carbons (Fsp3) is 0.636. The van der Waals surface area contributed by atoms with Crippen LogP contribution in [0.15, 0.2) is 17.1 Å². The van der Waals surface area contributed by atoms with Gasteiger partial charge in [-0.3, -0.25) is 4.79 Å². The van der Waals surface area contributed by atoms with Crippen LogP contribution in [-0.2, 0) is 11.3 Å². The van der Waals surface area contributed by atoms with E-state index >= 15 is 0 Å². The first-order valence-electron chi connectivity index (χ1n) is 5.51. The number of hydrogen-bond acceptors (Lipinski definition) is 4. The van der Waals surface area contributed by atoms with Crippen molar-refractivity contribution < 1.29 is 4.74 Å². The highest BCUT2D eigenvalue weighted by Crippen LogP contribution is 2.00. The zero-order valence-electron chi connectivity index (χ0n) is 10.1. The second-order valence-electron chi connectivity index (χ2n) is 3.74. The van der Waals surface area contributed by atoms with Gasteiger partial charge < -0.3 is 10.1 Å². The maximum absolute atomic E-state index is 11.7. The molecule has 0 aliphatic heterocycles. The van der Waals surface area contributed by atoms with Gasteiger partial charge >= 0.3 is 0 Å². The summed E-state index contributed by atoms with van der Waals surface area (Å²) in [5.74, 6) is 0. The Hall–Kier alpha value is -1.36. The molecule has 0 amide bonds. The topological polar surface area (TPSA) is 56.1 Å². The number of rotatable bonds is 6. The molecular formula is C11H19N3O2. The SMILES string of the molecule is CCCNc1cnn(CC(C)OC)c(=O)c1. The lowest BCUT2D eigenvalue weighted by Gasteiger charge is -2.11. The first-order valence-corrected chi connectivity index (χ1v) is 5.51. The van der Waals surface area contributed by atoms with E-state index in [1.54, 1.807) is 19.4 Å². The normalized spacial score (nSPS) is 12.4. The maximum Gasteiger partial charge on any atom is 0.268 e. The van der Waals surface area contributed by atoms with Crippen molar-refractivity contribution in [3.05, 3.63) is 22.6 Å². The number of anilines is 1. The van der Waals surface area contributed by atoms with Crippen LogP contribution >= 0.6 is 0 Å². The highest BCUT2D eigenvalue weighted by atomic mass is 16.5. The highest BCUT2D eigenvalue weighted by Gasteiger charge is 2.04. The Bertz CT molecular complexity index is 376. The van der Waals surface area contributed by atoms with Gasteiger partial charge in [0.15, 0.2) is 0 Å². The van der Waals surface area contributed by atoms with E-state index in [1.807, 2.05) is 6.92 Å². The monoisotopic (exact) mass is 225 g/mol. The predicted octanol–water partition coefficient (Wildman–Crippen LogP) is 1.10. The molecule has 1 heterocycles. The van der Waals surface area contributed by atoms with Gasteiger partial charge in [-0.05, 0) is 13.3 Å². The molecule has 0 saturated heterocycles. The van der Waals surface area contributed by atoms with E-state index in [0.717, 1.165) is 18.7 Å². The van der Waals surface area contributed by atoms with Crippen molar-refractivity contribution in [3.63, 3.8) is 0 Å². The van der Waals surface area contributed by atoms with Gasteiger partial charge in [-0.1, -0.05) is 6.92 Å². The van der Waals surface area contributed by atoms with Crippen LogP contribution in [0, 0.1) is 0 Å². The van der Waals surface area contributed by atoms with Gasteiger partial charge in [-0.2, -0.15) is 5.10 Å². The molecule has 0 bridgehead atoms. The van der Waals surface area contributed by atoms with Crippen LogP contribution in [0.25, 0.3) is 0 Å². The summed E-state index contributed by atoms with van der Waals surface area (Å²) in [7, 11) is 1.62. The number of nitrogens with one attached hydrogen (secondary N) is 1. The van der Waals surface area contributed by atoms with Crippen LogP contribution in [0.4, 0.5) is 5.69 Å². The third kappa shape index (κ3) is 3.66. The first kappa shape index (κ1) is 12.7. The van der Waals surface area contributed by atoms with Gasteiger partial charge in [-0.25, -0.2) is 4.68 Å². The number of hydrogen-bond donors (Lipinski definition) is 1. The molecule has 1 aromatic rings. The Morgan fingerprint density at radius 2 is 2.38 bits per heavy atom. The van der Waals surface area contributed by atoms with E-state index in [4.69, 9.17) is 4.74 Å². The van der Waals surface area contributed by atoms with Crippen LogP contribution in [0.1, 0.15) is 20.3 Å². The van der Waals surface area contributed by atoms with E-state index in [1.165, 1.54) is 4.68 Å². The quantitative estimate of drug-likeness (QED) is 0.787. The van der Waals surface area contributed by atoms with Crippen molar-refractivity contribution >= 4 is 5.69 Å². The minimum Gasteiger partial charge on any atom is -0.384 e. The third-order valence-corrected chi connectivity index (χ3v) is 2.28. The van der Waals surface area contributed by atoms with E-state index in [-0.39, 0.29) is 11.7 Å². The molecular weight excluding hydrogens is 206 g/mol. The second kappa shape index (κ2) is 6.27. The zero-order chi connectivity index (χ0) is 12.0. The molecule has 0 radical (unpaired) electrons. The van der Waals surface area contributed by atoms with Crippen LogP contribution in [0.2, 0.25) is 0 Å². The Kier molecular flexibility index (Phi) is 4.98. The van der Waals surface area contributed by atoms with E-state index in [9.17, 15) is 4.79 Å². The Balaban J connectivity index is 2.71. The molecule has 1 aromatic heterocycles.